The Bertz CT molecular complexity index is 212. The van der Waals surface area contributed by atoms with Gasteiger partial charge in [0.1, 0.15) is 0 Å². The van der Waals surface area contributed by atoms with Gasteiger partial charge in [0.05, 0.1) is 12.7 Å². The van der Waals surface area contributed by atoms with Gasteiger partial charge in [-0.15, -0.1) is 12.1 Å². The topological polar surface area (TPSA) is 18.5 Å². The van der Waals surface area contributed by atoms with Gasteiger partial charge in [-0.25, -0.2) is 0 Å². The summed E-state index contributed by atoms with van der Waals surface area (Å²) < 4.78 is 46.4. The van der Waals surface area contributed by atoms with Crippen LogP contribution in [-0.2, 0) is 9.47 Å². The molecule has 1 rings (SSSR count). The fourth-order valence-electron chi connectivity index (χ4n) is 1.35. The highest BCUT2D eigenvalue weighted by Crippen LogP contribution is 2.19. The van der Waals surface area contributed by atoms with Gasteiger partial charge in [-0.2, -0.15) is 0 Å². The Morgan fingerprint density at radius 2 is 2.13 bits per heavy atom. The molecule has 15 heavy (non-hydrogen) atoms. The molecule has 1 aliphatic heterocycles. The van der Waals surface area contributed by atoms with Gasteiger partial charge in [-0.3, -0.25) is 0 Å². The zero-order valence-electron chi connectivity index (χ0n) is 8.55. The molecule has 1 heterocycles. The molecule has 88 valence electrons. The van der Waals surface area contributed by atoms with Crippen LogP contribution in [0, 0.1) is 0 Å². The van der Waals surface area contributed by atoms with E-state index in [-0.39, 0.29) is 12.7 Å². The van der Waals surface area contributed by atoms with Crippen molar-refractivity contribution >= 4 is 6.98 Å². The van der Waals surface area contributed by atoms with Crippen LogP contribution in [-0.4, -0.2) is 32.9 Å². The summed E-state index contributed by atoms with van der Waals surface area (Å²) in [4.78, 5) is 0. The van der Waals surface area contributed by atoms with Gasteiger partial charge < -0.3 is 22.4 Å². The van der Waals surface area contributed by atoms with Crippen molar-refractivity contribution in [1.82, 2.24) is 0 Å². The molecule has 0 bridgehead atoms. The van der Waals surface area contributed by atoms with Crippen LogP contribution in [0.3, 0.4) is 0 Å². The van der Waals surface area contributed by atoms with E-state index in [4.69, 9.17) is 9.47 Å². The van der Waals surface area contributed by atoms with Gasteiger partial charge in [0.25, 0.3) is 0 Å². The number of rotatable bonds is 5. The summed E-state index contributed by atoms with van der Waals surface area (Å²) in [7, 11) is 0. The first kappa shape index (κ1) is 12.6. The molecule has 1 unspecified atom stereocenters. The van der Waals surface area contributed by atoms with Crippen molar-refractivity contribution in [1.29, 1.82) is 0 Å². The van der Waals surface area contributed by atoms with E-state index in [1.807, 2.05) is 0 Å². The summed E-state index contributed by atoms with van der Waals surface area (Å²) in [6.45, 7) is -1.55. The third-order valence-electron chi connectivity index (χ3n) is 2.33. The maximum absolute atomic E-state index is 12.1. The van der Waals surface area contributed by atoms with Crippen molar-refractivity contribution in [3.63, 3.8) is 0 Å². The van der Waals surface area contributed by atoms with Crippen LogP contribution in [0.15, 0.2) is 12.1 Å². The van der Waals surface area contributed by atoms with Crippen molar-refractivity contribution in [2.45, 2.75) is 25.4 Å². The van der Waals surface area contributed by atoms with E-state index in [9.17, 15) is 12.9 Å². The lowest BCUT2D eigenvalue weighted by Gasteiger charge is -2.24. The zero-order valence-corrected chi connectivity index (χ0v) is 8.55. The monoisotopic (exact) mass is 223 g/mol. The van der Waals surface area contributed by atoms with E-state index in [0.29, 0.717) is 6.61 Å². The van der Waals surface area contributed by atoms with E-state index < -0.39 is 19.1 Å². The Morgan fingerprint density at radius 3 is 2.67 bits per heavy atom. The minimum atomic E-state index is -4.96. The predicted octanol–water partition coefficient (Wildman–Crippen LogP) is 2.51. The van der Waals surface area contributed by atoms with Gasteiger partial charge in [-0.1, -0.05) is 0 Å². The number of hydrogen-bond acceptors (Lipinski definition) is 2. The maximum Gasteiger partial charge on any atom is 0.507 e. The lowest BCUT2D eigenvalue weighted by Crippen LogP contribution is -2.27. The molecule has 0 saturated carbocycles. The van der Waals surface area contributed by atoms with E-state index >= 15 is 0 Å². The normalized spacial score (nSPS) is 22.7. The smallest absolute Gasteiger partial charge is 0.445 e. The first-order chi connectivity index (χ1) is 7.00. The van der Waals surface area contributed by atoms with Crippen molar-refractivity contribution in [2.24, 2.45) is 0 Å². The third-order valence-corrected chi connectivity index (χ3v) is 2.33. The number of ether oxygens (including phenoxy) is 2. The Morgan fingerprint density at radius 1 is 1.40 bits per heavy atom. The largest absolute Gasteiger partial charge is 0.507 e. The summed E-state index contributed by atoms with van der Waals surface area (Å²) in [5, 5.41) is 0. The molecule has 0 aromatic rings. The molecule has 2 nitrogen and oxygen atoms in total. The Hall–Kier alpha value is -0.485. The van der Waals surface area contributed by atoms with Crippen LogP contribution < -0.4 is 0 Å². The lowest BCUT2D eigenvalue weighted by molar-refractivity contribution is -0.0361. The number of hydrogen-bond donors (Lipinski definition) is 0. The quantitative estimate of drug-likeness (QED) is 0.666. The van der Waals surface area contributed by atoms with Crippen molar-refractivity contribution in [3.05, 3.63) is 12.1 Å². The fourth-order valence-corrected chi connectivity index (χ4v) is 1.35. The molecule has 1 atom stereocenters. The predicted molar refractivity (Wildman–Crippen MR) is 52.6 cm³/mol. The minimum Gasteiger partial charge on any atom is -0.445 e. The highest BCUT2D eigenvalue weighted by Gasteiger charge is 2.26. The molecule has 1 fully saturated rings. The maximum atomic E-state index is 12.1. The summed E-state index contributed by atoms with van der Waals surface area (Å²) in [6, 6.07) is 0. The second-order valence-electron chi connectivity index (χ2n) is 3.74. The highest BCUT2D eigenvalue weighted by molar-refractivity contribution is 6.66. The first-order valence-corrected chi connectivity index (χ1v) is 5.07. The Kier molecular flexibility index (Phi) is 4.66. The molecular weight excluding hydrogens is 208 g/mol. The standard InChI is InChI=1S/C9H15BF3O2/c1-8(10(11,12)13)6-14-7-9-4-2-3-5-15-9/h9H,1-7H2/q-1. The van der Waals surface area contributed by atoms with Gasteiger partial charge >= 0.3 is 6.98 Å². The fraction of sp³-hybridized carbons (Fsp3) is 0.778. The average Bonchev–Trinajstić information content (AvgIpc) is 2.18. The van der Waals surface area contributed by atoms with Gasteiger partial charge in [0, 0.05) is 13.2 Å². The molecule has 0 amide bonds. The molecule has 0 spiro atoms. The van der Waals surface area contributed by atoms with Crippen LogP contribution in [0.5, 0.6) is 0 Å². The molecule has 0 aromatic carbocycles. The van der Waals surface area contributed by atoms with Gasteiger partial charge in [0.15, 0.2) is 0 Å². The average molecular weight is 223 g/mol. The Labute approximate surface area is 87.5 Å². The second kappa shape index (κ2) is 5.56. The Balaban J connectivity index is 2.12. The highest BCUT2D eigenvalue weighted by atomic mass is 19.4. The van der Waals surface area contributed by atoms with Gasteiger partial charge in [0.2, 0.25) is 0 Å². The molecule has 0 N–H and O–H groups in total. The summed E-state index contributed by atoms with van der Waals surface area (Å²) in [6.07, 6.45) is 2.89. The van der Waals surface area contributed by atoms with Crippen molar-refractivity contribution in [3.8, 4) is 0 Å². The van der Waals surface area contributed by atoms with Crippen LogP contribution >= 0.6 is 0 Å². The molecule has 1 saturated heterocycles. The van der Waals surface area contributed by atoms with E-state index in [1.165, 1.54) is 0 Å². The first-order valence-electron chi connectivity index (χ1n) is 5.07. The van der Waals surface area contributed by atoms with Crippen LogP contribution in [0.25, 0.3) is 0 Å². The van der Waals surface area contributed by atoms with Crippen LogP contribution in [0.4, 0.5) is 12.9 Å². The van der Waals surface area contributed by atoms with Crippen molar-refractivity contribution < 1.29 is 22.4 Å². The SMILES string of the molecule is C=C(COCC1CCCCO1)[B-](F)(F)F. The molecule has 0 aromatic heterocycles. The van der Waals surface area contributed by atoms with Crippen molar-refractivity contribution in [2.75, 3.05) is 19.8 Å². The third kappa shape index (κ3) is 4.71. The summed E-state index contributed by atoms with van der Waals surface area (Å²) >= 11 is 0. The van der Waals surface area contributed by atoms with Crippen LogP contribution in [0.1, 0.15) is 19.3 Å². The van der Waals surface area contributed by atoms with E-state index in [2.05, 4.69) is 6.58 Å². The lowest BCUT2D eigenvalue weighted by atomic mass is 9.81. The molecule has 0 aliphatic carbocycles. The zero-order chi connectivity index (χ0) is 11.3. The summed E-state index contributed by atoms with van der Waals surface area (Å²) in [5.74, 6) is 0. The molecule has 6 heteroatoms. The molecular formula is C9H15BF3O2-. The molecule has 0 radical (unpaired) electrons. The van der Waals surface area contributed by atoms with E-state index in [0.717, 1.165) is 19.3 Å². The second-order valence-corrected chi connectivity index (χ2v) is 3.74. The van der Waals surface area contributed by atoms with Gasteiger partial charge in [-0.05, 0) is 19.3 Å². The van der Waals surface area contributed by atoms with E-state index in [1.54, 1.807) is 0 Å². The summed E-state index contributed by atoms with van der Waals surface area (Å²) in [5.41, 5.74) is -0.786. The van der Waals surface area contributed by atoms with Crippen LogP contribution in [0.2, 0.25) is 0 Å². The molecule has 1 aliphatic rings. The number of halogens is 3. The minimum absolute atomic E-state index is 0.0488.